The fourth-order valence-electron chi connectivity index (χ4n) is 5.12. The minimum Gasteiger partial charge on any atom is -0.349 e. The van der Waals surface area contributed by atoms with Crippen LogP contribution in [0.2, 0.25) is 5.02 Å². The Hall–Kier alpha value is -3.66. The van der Waals surface area contributed by atoms with Gasteiger partial charge in [-0.15, -0.1) is 0 Å². The topological polar surface area (TPSA) is 81.8 Å². The first-order chi connectivity index (χ1) is 18.2. The zero-order valence-corrected chi connectivity index (χ0v) is 21.0. The van der Waals surface area contributed by atoms with Gasteiger partial charge in [-0.05, 0) is 67.5 Å². The number of alkyl halides is 3. The number of hydrogen-bond acceptors (Lipinski definition) is 4. The second-order valence-electron chi connectivity index (χ2n) is 9.56. The molecule has 5 rings (SSSR count). The number of para-hydroxylation sites is 2. The van der Waals surface area contributed by atoms with Crippen molar-refractivity contribution in [1.82, 2.24) is 24.4 Å². The Labute approximate surface area is 221 Å². The third-order valence-corrected chi connectivity index (χ3v) is 7.21. The quantitative estimate of drug-likeness (QED) is 0.358. The number of amides is 1. The Bertz CT molecular complexity index is 1510. The van der Waals surface area contributed by atoms with E-state index in [4.69, 9.17) is 11.6 Å². The highest BCUT2D eigenvalue weighted by Gasteiger charge is 2.38. The summed E-state index contributed by atoms with van der Waals surface area (Å²) in [6.45, 7) is 0.964. The van der Waals surface area contributed by atoms with Crippen LogP contribution in [-0.4, -0.2) is 31.1 Å². The summed E-state index contributed by atoms with van der Waals surface area (Å²) in [5.41, 5.74) is 0.758. The number of carbonyl (C=O) groups is 1. The molecular formula is C27H25ClF3N5O2. The molecule has 0 bridgehead atoms. The van der Waals surface area contributed by atoms with Crippen molar-refractivity contribution in [1.29, 1.82) is 0 Å². The Morgan fingerprint density at radius 2 is 1.68 bits per heavy atom. The van der Waals surface area contributed by atoms with Gasteiger partial charge < -0.3 is 5.32 Å². The Kier molecular flexibility index (Phi) is 7.25. The van der Waals surface area contributed by atoms with Crippen LogP contribution < -0.4 is 11.0 Å². The van der Waals surface area contributed by atoms with Gasteiger partial charge in [0.25, 0.3) is 5.91 Å². The molecule has 1 amide bonds. The molecule has 1 aliphatic rings. The summed E-state index contributed by atoms with van der Waals surface area (Å²) in [6.07, 6.45) is 2.14. The number of aromatic nitrogens is 4. The summed E-state index contributed by atoms with van der Waals surface area (Å²) in [4.78, 5) is 33.5. The van der Waals surface area contributed by atoms with E-state index in [-0.39, 0.29) is 22.7 Å². The van der Waals surface area contributed by atoms with Crippen molar-refractivity contribution in [2.75, 3.05) is 0 Å². The van der Waals surface area contributed by atoms with Gasteiger partial charge in [-0.3, -0.25) is 18.9 Å². The Morgan fingerprint density at radius 1 is 1.03 bits per heavy atom. The molecule has 3 aromatic heterocycles. The second kappa shape index (κ2) is 10.6. The van der Waals surface area contributed by atoms with E-state index in [1.54, 1.807) is 21.5 Å². The zero-order chi connectivity index (χ0) is 26.9. The molecule has 0 aliphatic heterocycles. The molecule has 11 heteroatoms. The molecule has 0 radical (unpaired) electrons. The van der Waals surface area contributed by atoms with Crippen LogP contribution in [0.4, 0.5) is 13.2 Å². The number of nitrogens with zero attached hydrogens (tertiary/aromatic N) is 4. The number of fused-ring (bicyclic) bond motifs is 1. The summed E-state index contributed by atoms with van der Waals surface area (Å²) in [7, 11) is 0. The fraction of sp³-hybridized carbons (Fsp3) is 0.333. The summed E-state index contributed by atoms with van der Waals surface area (Å²) in [5.74, 6) is -0.647. The van der Waals surface area contributed by atoms with Crippen LogP contribution in [-0.2, 0) is 19.3 Å². The summed E-state index contributed by atoms with van der Waals surface area (Å²) >= 11 is 5.81. The van der Waals surface area contributed by atoms with Gasteiger partial charge in [-0.2, -0.15) is 13.2 Å². The predicted octanol–water partition coefficient (Wildman–Crippen LogP) is 5.30. The summed E-state index contributed by atoms with van der Waals surface area (Å²) in [5, 5.41) is 2.68. The van der Waals surface area contributed by atoms with Crippen LogP contribution in [0, 0.1) is 5.92 Å². The summed E-state index contributed by atoms with van der Waals surface area (Å²) in [6, 6.07) is 12.2. The van der Waals surface area contributed by atoms with E-state index in [0.29, 0.717) is 25.9 Å². The number of halogens is 4. The molecule has 1 aromatic carbocycles. The number of benzene rings is 1. The van der Waals surface area contributed by atoms with Gasteiger partial charge in [0.05, 0.1) is 28.2 Å². The number of hydrogen-bond donors (Lipinski definition) is 1. The lowest BCUT2D eigenvalue weighted by Gasteiger charge is -2.29. The van der Waals surface area contributed by atoms with Crippen molar-refractivity contribution in [2.45, 2.75) is 51.0 Å². The van der Waals surface area contributed by atoms with Crippen molar-refractivity contribution < 1.29 is 18.0 Å². The lowest BCUT2D eigenvalue weighted by atomic mass is 9.85. The molecule has 0 unspecified atom stereocenters. The normalized spacial score (nSPS) is 18.0. The molecule has 1 N–H and O–H groups in total. The maximum atomic E-state index is 13.4. The number of imidazole rings is 1. The number of pyridine rings is 2. The third-order valence-electron chi connectivity index (χ3n) is 7.01. The van der Waals surface area contributed by atoms with Gasteiger partial charge in [-0.1, -0.05) is 23.7 Å². The highest BCUT2D eigenvalue weighted by molar-refractivity contribution is 6.30. The molecule has 198 valence electrons. The van der Waals surface area contributed by atoms with Crippen molar-refractivity contribution in [3.8, 4) is 0 Å². The fourth-order valence-corrected chi connectivity index (χ4v) is 5.28. The average molecular weight is 544 g/mol. The molecule has 1 saturated carbocycles. The zero-order valence-electron chi connectivity index (χ0n) is 20.3. The van der Waals surface area contributed by atoms with Crippen molar-refractivity contribution in [2.24, 2.45) is 5.92 Å². The van der Waals surface area contributed by atoms with Gasteiger partial charge in [0.2, 0.25) is 0 Å². The lowest BCUT2D eigenvalue weighted by Crippen LogP contribution is -2.39. The van der Waals surface area contributed by atoms with E-state index in [0.717, 1.165) is 41.7 Å². The van der Waals surface area contributed by atoms with Crippen molar-refractivity contribution in [3.63, 3.8) is 0 Å². The van der Waals surface area contributed by atoms with E-state index < -0.39 is 23.3 Å². The standard InChI is InChI=1S/C27H25ClF3N5O2/c28-19-13-21(24(33-14-19)27(29,30)31)25(37)34-20-7-5-17(6-8-20)15-35-22-3-1-2-4-23(22)36(26(35)38)16-18-9-11-32-12-10-18/h1-4,9-14,17,20H,5-8,15-16H2,(H,34,37)/t17-,20-. The van der Waals surface area contributed by atoms with Crippen LogP contribution in [0.3, 0.4) is 0 Å². The van der Waals surface area contributed by atoms with Crippen molar-refractivity contribution in [3.05, 3.63) is 93.4 Å². The molecule has 7 nitrogen and oxygen atoms in total. The van der Waals surface area contributed by atoms with Gasteiger partial charge in [-0.25, -0.2) is 9.78 Å². The highest BCUT2D eigenvalue weighted by Crippen LogP contribution is 2.32. The van der Waals surface area contributed by atoms with E-state index >= 15 is 0 Å². The number of carbonyl (C=O) groups excluding carboxylic acids is 1. The molecule has 38 heavy (non-hydrogen) atoms. The van der Waals surface area contributed by atoms with Gasteiger partial charge in [0.15, 0.2) is 5.69 Å². The van der Waals surface area contributed by atoms with Crippen LogP contribution in [0.15, 0.2) is 65.8 Å². The van der Waals surface area contributed by atoms with E-state index in [1.807, 2.05) is 36.4 Å². The van der Waals surface area contributed by atoms with Gasteiger partial charge in [0.1, 0.15) is 0 Å². The third kappa shape index (κ3) is 5.45. The Morgan fingerprint density at radius 3 is 2.34 bits per heavy atom. The van der Waals surface area contributed by atoms with E-state index in [9.17, 15) is 22.8 Å². The molecular weight excluding hydrogens is 519 g/mol. The van der Waals surface area contributed by atoms with Crippen LogP contribution in [0.1, 0.15) is 47.3 Å². The minimum atomic E-state index is -4.77. The SMILES string of the molecule is O=C(N[C@H]1CC[C@H](Cn2c(=O)n(Cc3ccncc3)c3ccccc32)CC1)c1cc(Cl)cnc1C(F)(F)F. The van der Waals surface area contributed by atoms with Gasteiger partial charge >= 0.3 is 11.9 Å². The second-order valence-corrected chi connectivity index (χ2v) is 10.00. The molecule has 1 fully saturated rings. The number of rotatable bonds is 6. The molecule has 0 atom stereocenters. The van der Waals surface area contributed by atoms with E-state index in [1.165, 1.54) is 0 Å². The first-order valence-corrected chi connectivity index (χ1v) is 12.7. The van der Waals surface area contributed by atoms with Gasteiger partial charge in [0, 0.05) is 31.2 Å². The van der Waals surface area contributed by atoms with Crippen LogP contribution in [0.5, 0.6) is 0 Å². The maximum absolute atomic E-state index is 13.4. The minimum absolute atomic E-state index is 0.0413. The lowest BCUT2D eigenvalue weighted by molar-refractivity contribution is -0.141. The van der Waals surface area contributed by atoms with Crippen molar-refractivity contribution >= 4 is 28.5 Å². The van der Waals surface area contributed by atoms with Crippen LogP contribution in [0.25, 0.3) is 11.0 Å². The predicted molar refractivity (Wildman–Crippen MR) is 137 cm³/mol. The molecule has 0 saturated heterocycles. The Balaban J connectivity index is 1.27. The monoisotopic (exact) mass is 543 g/mol. The van der Waals surface area contributed by atoms with Crippen LogP contribution >= 0.6 is 11.6 Å². The molecule has 0 spiro atoms. The highest BCUT2D eigenvalue weighted by atomic mass is 35.5. The smallest absolute Gasteiger partial charge is 0.349 e. The first kappa shape index (κ1) is 26.0. The molecule has 1 aliphatic carbocycles. The molecule has 4 aromatic rings. The first-order valence-electron chi connectivity index (χ1n) is 12.3. The number of nitrogens with one attached hydrogen (secondary N) is 1. The molecule has 3 heterocycles. The summed E-state index contributed by atoms with van der Waals surface area (Å²) < 4.78 is 43.5. The maximum Gasteiger partial charge on any atom is 0.434 e. The largest absolute Gasteiger partial charge is 0.434 e. The average Bonchev–Trinajstić information content (AvgIpc) is 3.15. The van der Waals surface area contributed by atoms with E-state index in [2.05, 4.69) is 15.3 Å².